The van der Waals surface area contributed by atoms with Crippen molar-refractivity contribution in [3.8, 4) is 0 Å². The number of hydrogen-bond acceptors (Lipinski definition) is 1. The standard InChI is InChI=1S/C15H14S/c1-12(13-7-3-4-8-13)15(11-16-2)14-9-5-6-10-14/h3-11H,1H2,2H3/b15-11-/i1D2,11D. The molecule has 0 heterocycles. The minimum absolute atomic E-state index is 0.263. The fourth-order valence-electron chi connectivity index (χ4n) is 1.58. The zero-order valence-corrected chi connectivity index (χ0v) is 9.84. The summed E-state index contributed by atoms with van der Waals surface area (Å²) in [6.45, 7) is -0.263. The number of rotatable bonds is 4. The fourth-order valence-corrected chi connectivity index (χ4v) is 2.01. The van der Waals surface area contributed by atoms with E-state index in [9.17, 15) is 0 Å². The summed E-state index contributed by atoms with van der Waals surface area (Å²) in [5, 5.41) is 0.374. The molecule has 0 aromatic heterocycles. The van der Waals surface area contributed by atoms with Crippen molar-refractivity contribution in [2.45, 2.75) is 0 Å². The Kier molecular flexibility index (Phi) is 3.29. The van der Waals surface area contributed by atoms with Gasteiger partial charge in [0.05, 0.1) is 4.11 Å². The van der Waals surface area contributed by atoms with Crippen LogP contribution < -0.4 is 0 Å². The monoisotopic (exact) mass is 229 g/mol. The van der Waals surface area contributed by atoms with Crippen LogP contribution in [0.4, 0.5) is 0 Å². The second kappa shape index (κ2) is 5.95. The van der Waals surface area contributed by atoms with Crippen molar-refractivity contribution in [2.24, 2.45) is 0 Å². The van der Waals surface area contributed by atoms with Crippen molar-refractivity contribution in [1.29, 1.82) is 0 Å². The summed E-state index contributed by atoms with van der Waals surface area (Å²) >= 11 is 1.32. The highest BCUT2D eigenvalue weighted by molar-refractivity contribution is 8.01. The molecule has 1 heteroatoms. The van der Waals surface area contributed by atoms with E-state index in [1.54, 1.807) is 0 Å². The molecule has 10 radical (unpaired) electrons. The average molecular weight is 229 g/mol. The molecule has 0 aliphatic heterocycles. The zero-order chi connectivity index (χ0) is 13.8. The SMILES string of the molecule is [2H]C([2H])=C([C]1[CH][CH][CH][CH]1)/C([C]1[CH][CH][CH][CH]1)=C(\[2H])SC. The lowest BCUT2D eigenvalue weighted by Gasteiger charge is -2.20. The van der Waals surface area contributed by atoms with Crippen molar-refractivity contribution in [3.63, 3.8) is 0 Å². The third-order valence-electron chi connectivity index (χ3n) is 2.36. The molecule has 0 aromatic carbocycles. The van der Waals surface area contributed by atoms with Crippen LogP contribution in [0, 0.1) is 63.2 Å². The second-order valence-electron chi connectivity index (χ2n) is 3.40. The zero-order valence-electron chi connectivity index (χ0n) is 12.0. The normalized spacial score (nSPS) is 27.2. The van der Waals surface area contributed by atoms with Gasteiger partial charge in [-0.15, -0.1) is 11.8 Å². The number of allylic oxidation sites excluding steroid dienone is 2. The lowest BCUT2D eigenvalue weighted by Crippen LogP contribution is -2.06. The van der Waals surface area contributed by atoms with Gasteiger partial charge in [0, 0.05) is 11.8 Å². The average Bonchev–Trinajstić information content (AvgIpc) is 3.06. The van der Waals surface area contributed by atoms with Gasteiger partial charge in [0.25, 0.3) is 0 Å². The first-order valence-electron chi connectivity index (χ1n) is 6.52. The van der Waals surface area contributed by atoms with Crippen LogP contribution in [0.5, 0.6) is 0 Å². The first-order chi connectivity index (χ1) is 9.15. The molecule has 2 aliphatic rings. The van der Waals surface area contributed by atoms with Crippen LogP contribution in [-0.2, 0) is 0 Å². The molecule has 2 rings (SSSR count). The molecule has 0 N–H and O–H groups in total. The highest BCUT2D eigenvalue weighted by atomic mass is 32.2. The third-order valence-corrected chi connectivity index (χ3v) is 2.77. The van der Waals surface area contributed by atoms with Gasteiger partial charge in [-0.05, 0) is 74.2 Å². The molecule has 80 valence electrons. The van der Waals surface area contributed by atoms with Crippen LogP contribution in [0.25, 0.3) is 0 Å². The van der Waals surface area contributed by atoms with Gasteiger partial charge in [-0.2, -0.15) is 0 Å². The molecule has 2 aliphatic carbocycles. The molecule has 0 atom stereocenters. The molecular weight excluding hydrogens is 212 g/mol. The lowest BCUT2D eigenvalue weighted by atomic mass is 9.85. The topological polar surface area (TPSA) is 0 Å². The molecule has 2 saturated carbocycles. The van der Waals surface area contributed by atoms with Crippen LogP contribution in [0.2, 0.25) is 0 Å². The number of thioether (sulfide) groups is 1. The Bertz CT molecular complexity index is 371. The summed E-state index contributed by atoms with van der Waals surface area (Å²) < 4.78 is 23.6. The molecular formula is C15H14S. The van der Waals surface area contributed by atoms with Crippen LogP contribution in [0.3, 0.4) is 0 Å². The summed E-state index contributed by atoms with van der Waals surface area (Å²) in [6, 6.07) is 0. The maximum atomic E-state index is 8.12. The van der Waals surface area contributed by atoms with E-state index in [-0.39, 0.29) is 6.53 Å². The number of hydrogen-bond donors (Lipinski definition) is 0. The molecule has 0 nitrogen and oxygen atoms in total. The first kappa shape index (κ1) is 8.85. The van der Waals surface area contributed by atoms with E-state index >= 15 is 0 Å². The Morgan fingerprint density at radius 3 is 2.25 bits per heavy atom. The van der Waals surface area contributed by atoms with Gasteiger partial charge in [0.2, 0.25) is 0 Å². The molecule has 0 unspecified atom stereocenters. The summed E-state index contributed by atoms with van der Waals surface area (Å²) in [5.74, 6) is 1.70. The van der Waals surface area contributed by atoms with E-state index in [2.05, 4.69) is 0 Å². The highest BCUT2D eigenvalue weighted by Crippen LogP contribution is 2.41. The van der Waals surface area contributed by atoms with Gasteiger partial charge in [-0.3, -0.25) is 0 Å². The van der Waals surface area contributed by atoms with E-state index in [1.807, 2.05) is 57.6 Å². The van der Waals surface area contributed by atoms with Crippen molar-refractivity contribution in [2.75, 3.05) is 6.26 Å². The van der Waals surface area contributed by atoms with E-state index in [0.717, 1.165) is 11.8 Å². The maximum absolute atomic E-state index is 8.12. The van der Waals surface area contributed by atoms with Gasteiger partial charge in [-0.25, -0.2) is 0 Å². The summed E-state index contributed by atoms with van der Waals surface area (Å²) in [4.78, 5) is 0. The van der Waals surface area contributed by atoms with Crippen molar-refractivity contribution in [1.82, 2.24) is 0 Å². The van der Waals surface area contributed by atoms with E-state index in [1.165, 1.54) is 11.8 Å². The minimum atomic E-state index is -0.263. The third kappa shape index (κ3) is 2.74. The molecule has 0 saturated heterocycles. The second-order valence-corrected chi connectivity index (χ2v) is 4.02. The Hall–Kier alpha value is -0.170. The Balaban J connectivity index is 2.37. The Morgan fingerprint density at radius 2 is 1.75 bits per heavy atom. The quantitative estimate of drug-likeness (QED) is 0.664. The highest BCUT2D eigenvalue weighted by Gasteiger charge is 2.28. The largest absolute Gasteiger partial charge is 0.137 e. The van der Waals surface area contributed by atoms with Crippen LogP contribution >= 0.6 is 11.8 Å². The van der Waals surface area contributed by atoms with E-state index < -0.39 is 0 Å². The molecule has 16 heavy (non-hydrogen) atoms. The van der Waals surface area contributed by atoms with Gasteiger partial charge in [-0.1, -0.05) is 6.53 Å². The van der Waals surface area contributed by atoms with E-state index in [0.29, 0.717) is 16.5 Å². The maximum Gasteiger partial charge on any atom is 0.0700 e. The van der Waals surface area contributed by atoms with Gasteiger partial charge in [0.15, 0.2) is 0 Å². The summed E-state index contributed by atoms with van der Waals surface area (Å²) in [5.41, 5.74) is 1.17. The predicted molar refractivity (Wildman–Crippen MR) is 71.6 cm³/mol. The van der Waals surface area contributed by atoms with E-state index in [4.69, 9.17) is 4.11 Å². The molecule has 0 bridgehead atoms. The van der Waals surface area contributed by atoms with Gasteiger partial charge < -0.3 is 0 Å². The summed E-state index contributed by atoms with van der Waals surface area (Å²) in [7, 11) is 0. The van der Waals surface area contributed by atoms with Crippen LogP contribution in [0.1, 0.15) is 4.11 Å². The fraction of sp³-hybridized carbons (Fsp3) is 0.0667. The van der Waals surface area contributed by atoms with Crippen LogP contribution in [-0.4, -0.2) is 6.26 Å². The van der Waals surface area contributed by atoms with Crippen molar-refractivity contribution >= 4 is 11.8 Å². The van der Waals surface area contributed by atoms with Crippen LogP contribution in [0.15, 0.2) is 23.1 Å². The minimum Gasteiger partial charge on any atom is -0.137 e. The summed E-state index contributed by atoms with van der Waals surface area (Å²) in [6.07, 6.45) is 17.0. The van der Waals surface area contributed by atoms with Crippen molar-refractivity contribution in [3.05, 3.63) is 86.3 Å². The Morgan fingerprint density at radius 1 is 1.19 bits per heavy atom. The molecule has 0 amide bonds. The predicted octanol–water partition coefficient (Wildman–Crippen LogP) is 3.60. The van der Waals surface area contributed by atoms with Gasteiger partial charge >= 0.3 is 0 Å². The van der Waals surface area contributed by atoms with Crippen molar-refractivity contribution < 1.29 is 4.11 Å². The van der Waals surface area contributed by atoms with Gasteiger partial charge in [0.1, 0.15) is 0 Å². The Labute approximate surface area is 109 Å². The smallest absolute Gasteiger partial charge is 0.0700 e. The lowest BCUT2D eigenvalue weighted by molar-refractivity contribution is 1.19. The molecule has 0 spiro atoms. The molecule has 2 fully saturated rings. The first-order valence-corrected chi connectivity index (χ1v) is 6.24. The molecule has 0 aromatic rings.